The van der Waals surface area contributed by atoms with Gasteiger partial charge in [0.05, 0.1) is 5.02 Å². The molecule has 0 spiro atoms. The number of halogens is 1. The molecule has 0 aliphatic carbocycles. The molecule has 0 atom stereocenters. The van der Waals surface area contributed by atoms with Crippen molar-refractivity contribution in [2.24, 2.45) is 5.73 Å². The fourth-order valence-corrected chi connectivity index (χ4v) is 1.85. The molecule has 0 unspecified atom stereocenters. The number of aryl methyl sites for hydroxylation is 2. The second-order valence-electron chi connectivity index (χ2n) is 4.15. The van der Waals surface area contributed by atoms with Crippen LogP contribution < -0.4 is 10.5 Å². The summed E-state index contributed by atoms with van der Waals surface area (Å²) in [6.45, 7) is 4.35. The van der Waals surface area contributed by atoms with Gasteiger partial charge in [0.1, 0.15) is 5.75 Å². The lowest BCUT2D eigenvalue weighted by atomic mass is 10.1. The first-order valence-corrected chi connectivity index (χ1v) is 6.08. The van der Waals surface area contributed by atoms with Crippen molar-refractivity contribution in [1.29, 1.82) is 0 Å². The van der Waals surface area contributed by atoms with Gasteiger partial charge in [-0.25, -0.2) is 4.98 Å². The standard InChI is InChI=1S/C14H15ClN2O/c1-9-3-4-12(15)13(7-9)18-14-11(8-16)10(2)5-6-17-14/h3-7H,8,16H2,1-2H3. The Balaban J connectivity index is 2.40. The highest BCUT2D eigenvalue weighted by molar-refractivity contribution is 6.32. The fourth-order valence-electron chi connectivity index (χ4n) is 1.69. The highest BCUT2D eigenvalue weighted by atomic mass is 35.5. The van der Waals surface area contributed by atoms with E-state index < -0.39 is 0 Å². The molecule has 0 amide bonds. The van der Waals surface area contributed by atoms with Crippen molar-refractivity contribution < 1.29 is 4.74 Å². The Kier molecular flexibility index (Phi) is 3.84. The molecule has 2 aromatic rings. The predicted octanol–water partition coefficient (Wildman–Crippen LogP) is 3.60. The number of benzene rings is 1. The maximum Gasteiger partial charge on any atom is 0.224 e. The van der Waals surface area contributed by atoms with E-state index in [0.29, 0.717) is 23.2 Å². The smallest absolute Gasteiger partial charge is 0.224 e. The summed E-state index contributed by atoms with van der Waals surface area (Å²) in [6.07, 6.45) is 1.70. The summed E-state index contributed by atoms with van der Waals surface area (Å²) in [4.78, 5) is 4.22. The molecule has 2 N–H and O–H groups in total. The number of rotatable bonds is 3. The third-order valence-electron chi connectivity index (χ3n) is 2.75. The van der Waals surface area contributed by atoms with Gasteiger partial charge in [-0.3, -0.25) is 0 Å². The summed E-state index contributed by atoms with van der Waals surface area (Å²) < 4.78 is 5.77. The lowest BCUT2D eigenvalue weighted by molar-refractivity contribution is 0.455. The fraction of sp³-hybridized carbons (Fsp3) is 0.214. The normalized spacial score (nSPS) is 10.4. The zero-order valence-corrected chi connectivity index (χ0v) is 11.2. The third-order valence-corrected chi connectivity index (χ3v) is 3.06. The largest absolute Gasteiger partial charge is 0.437 e. The summed E-state index contributed by atoms with van der Waals surface area (Å²) in [5, 5.41) is 0.562. The van der Waals surface area contributed by atoms with Gasteiger partial charge in [-0.05, 0) is 43.2 Å². The van der Waals surface area contributed by atoms with Crippen LogP contribution in [0.2, 0.25) is 5.02 Å². The molecule has 94 valence electrons. The minimum absolute atomic E-state index is 0.387. The maximum atomic E-state index is 6.10. The first kappa shape index (κ1) is 12.9. The number of pyridine rings is 1. The molecule has 18 heavy (non-hydrogen) atoms. The SMILES string of the molecule is Cc1ccc(Cl)c(Oc2nccc(C)c2CN)c1. The Labute approximate surface area is 112 Å². The van der Waals surface area contributed by atoms with Crippen molar-refractivity contribution >= 4 is 11.6 Å². The molecule has 2 rings (SSSR count). The van der Waals surface area contributed by atoms with Crippen molar-refractivity contribution in [2.75, 3.05) is 0 Å². The second kappa shape index (κ2) is 5.38. The summed E-state index contributed by atoms with van der Waals surface area (Å²) in [5.41, 5.74) is 8.76. The molecule has 0 bridgehead atoms. The van der Waals surface area contributed by atoms with E-state index in [9.17, 15) is 0 Å². The van der Waals surface area contributed by atoms with Crippen LogP contribution in [-0.4, -0.2) is 4.98 Å². The van der Waals surface area contributed by atoms with Gasteiger partial charge >= 0.3 is 0 Å². The summed E-state index contributed by atoms with van der Waals surface area (Å²) in [5.74, 6) is 1.12. The van der Waals surface area contributed by atoms with Crippen LogP contribution in [0.3, 0.4) is 0 Å². The molecule has 0 fully saturated rings. The molecule has 1 aromatic carbocycles. The number of nitrogens with two attached hydrogens (primary N) is 1. The Bertz CT molecular complexity index is 570. The van der Waals surface area contributed by atoms with Crippen LogP contribution in [0.4, 0.5) is 0 Å². The number of aromatic nitrogens is 1. The molecule has 4 heteroatoms. The molecule has 1 aromatic heterocycles. The van der Waals surface area contributed by atoms with E-state index in [1.807, 2.05) is 38.1 Å². The number of hydrogen-bond acceptors (Lipinski definition) is 3. The van der Waals surface area contributed by atoms with Crippen LogP contribution in [0.25, 0.3) is 0 Å². The van der Waals surface area contributed by atoms with Crippen LogP contribution in [0, 0.1) is 13.8 Å². The molecule has 0 saturated heterocycles. The van der Waals surface area contributed by atoms with Crippen LogP contribution >= 0.6 is 11.6 Å². The van der Waals surface area contributed by atoms with Gasteiger partial charge in [0.15, 0.2) is 0 Å². The third kappa shape index (κ3) is 2.63. The quantitative estimate of drug-likeness (QED) is 0.919. The van der Waals surface area contributed by atoms with E-state index in [1.54, 1.807) is 6.20 Å². The Morgan fingerprint density at radius 3 is 2.78 bits per heavy atom. The number of ether oxygens (including phenoxy) is 1. The second-order valence-corrected chi connectivity index (χ2v) is 4.56. The van der Waals surface area contributed by atoms with Crippen molar-refractivity contribution in [3.8, 4) is 11.6 Å². The highest BCUT2D eigenvalue weighted by Gasteiger charge is 2.10. The van der Waals surface area contributed by atoms with Crippen molar-refractivity contribution in [3.63, 3.8) is 0 Å². The Morgan fingerprint density at radius 2 is 2.06 bits per heavy atom. The molecule has 3 nitrogen and oxygen atoms in total. The minimum atomic E-state index is 0.387. The summed E-state index contributed by atoms with van der Waals surface area (Å²) >= 11 is 6.10. The first-order valence-electron chi connectivity index (χ1n) is 5.70. The summed E-state index contributed by atoms with van der Waals surface area (Å²) in [7, 11) is 0. The van der Waals surface area contributed by atoms with Crippen LogP contribution in [0.15, 0.2) is 30.5 Å². The summed E-state index contributed by atoms with van der Waals surface area (Å²) in [6, 6.07) is 7.53. The van der Waals surface area contributed by atoms with Gasteiger partial charge in [0.2, 0.25) is 5.88 Å². The van der Waals surface area contributed by atoms with E-state index in [-0.39, 0.29) is 0 Å². The molecular weight excluding hydrogens is 248 g/mol. The van der Waals surface area contributed by atoms with E-state index in [0.717, 1.165) is 16.7 Å². The topological polar surface area (TPSA) is 48.1 Å². The lowest BCUT2D eigenvalue weighted by Gasteiger charge is -2.12. The zero-order valence-electron chi connectivity index (χ0n) is 10.4. The van der Waals surface area contributed by atoms with Crippen LogP contribution in [0.1, 0.15) is 16.7 Å². The van der Waals surface area contributed by atoms with Gasteiger partial charge in [-0.2, -0.15) is 0 Å². The first-order chi connectivity index (χ1) is 8.61. The molecule has 1 heterocycles. The van der Waals surface area contributed by atoms with Gasteiger partial charge in [-0.1, -0.05) is 17.7 Å². The Morgan fingerprint density at radius 1 is 1.28 bits per heavy atom. The lowest BCUT2D eigenvalue weighted by Crippen LogP contribution is -2.03. The molecule has 0 radical (unpaired) electrons. The predicted molar refractivity (Wildman–Crippen MR) is 73.1 cm³/mol. The van der Waals surface area contributed by atoms with Gasteiger partial charge < -0.3 is 10.5 Å². The minimum Gasteiger partial charge on any atom is -0.437 e. The van der Waals surface area contributed by atoms with E-state index in [1.165, 1.54) is 0 Å². The molecule has 0 aliphatic rings. The number of hydrogen-bond donors (Lipinski definition) is 1. The van der Waals surface area contributed by atoms with Crippen molar-refractivity contribution in [1.82, 2.24) is 4.98 Å². The molecule has 0 saturated carbocycles. The van der Waals surface area contributed by atoms with E-state index >= 15 is 0 Å². The van der Waals surface area contributed by atoms with Crippen LogP contribution in [-0.2, 0) is 6.54 Å². The number of nitrogens with zero attached hydrogens (tertiary/aromatic N) is 1. The maximum absolute atomic E-state index is 6.10. The highest BCUT2D eigenvalue weighted by Crippen LogP contribution is 2.31. The average molecular weight is 263 g/mol. The van der Waals surface area contributed by atoms with Gasteiger partial charge in [0.25, 0.3) is 0 Å². The van der Waals surface area contributed by atoms with Gasteiger partial charge in [-0.15, -0.1) is 0 Å². The average Bonchev–Trinajstić information content (AvgIpc) is 2.34. The molecular formula is C14H15ClN2O. The van der Waals surface area contributed by atoms with E-state index in [2.05, 4.69) is 4.98 Å². The zero-order chi connectivity index (χ0) is 13.1. The van der Waals surface area contributed by atoms with Crippen molar-refractivity contribution in [3.05, 3.63) is 52.2 Å². The Hall–Kier alpha value is -1.58. The van der Waals surface area contributed by atoms with Crippen LogP contribution in [0.5, 0.6) is 11.6 Å². The molecule has 0 aliphatic heterocycles. The van der Waals surface area contributed by atoms with E-state index in [4.69, 9.17) is 22.1 Å². The van der Waals surface area contributed by atoms with Gasteiger partial charge in [0, 0.05) is 18.3 Å². The van der Waals surface area contributed by atoms with Crippen molar-refractivity contribution in [2.45, 2.75) is 20.4 Å². The monoisotopic (exact) mass is 262 g/mol.